The van der Waals surface area contributed by atoms with Gasteiger partial charge in [-0.15, -0.1) is 0 Å². The van der Waals surface area contributed by atoms with E-state index in [9.17, 15) is 15.0 Å². The van der Waals surface area contributed by atoms with Crippen LogP contribution >= 0.6 is 0 Å². The van der Waals surface area contributed by atoms with Crippen LogP contribution in [0.1, 0.15) is 30.2 Å². The molecule has 0 saturated carbocycles. The van der Waals surface area contributed by atoms with Crippen molar-refractivity contribution in [3.8, 4) is 11.5 Å². The van der Waals surface area contributed by atoms with Crippen molar-refractivity contribution in [3.63, 3.8) is 0 Å². The SMILES string of the molecule is COc1ccc([C@H](C)NC[C@H](O)c2ccc(O)c(NC=O)c2)cc1. The number of methoxy groups -OCH3 is 1. The number of hydrogen-bond acceptors (Lipinski definition) is 5. The van der Waals surface area contributed by atoms with Crippen molar-refractivity contribution in [2.45, 2.75) is 19.1 Å². The molecule has 0 aromatic heterocycles. The van der Waals surface area contributed by atoms with Gasteiger partial charge in [-0.05, 0) is 42.3 Å². The molecule has 0 radical (unpaired) electrons. The number of rotatable bonds is 8. The van der Waals surface area contributed by atoms with Crippen LogP contribution in [0, 0.1) is 0 Å². The molecule has 6 nitrogen and oxygen atoms in total. The van der Waals surface area contributed by atoms with Crippen LogP contribution in [0.4, 0.5) is 5.69 Å². The number of aromatic hydroxyl groups is 1. The highest BCUT2D eigenvalue weighted by Gasteiger charge is 2.13. The van der Waals surface area contributed by atoms with Crippen molar-refractivity contribution in [1.82, 2.24) is 5.32 Å². The Balaban J connectivity index is 1.97. The minimum Gasteiger partial charge on any atom is -0.506 e. The van der Waals surface area contributed by atoms with Crippen LogP contribution in [0.3, 0.4) is 0 Å². The number of ether oxygens (including phenoxy) is 1. The second-order valence-electron chi connectivity index (χ2n) is 5.46. The quantitative estimate of drug-likeness (QED) is 0.441. The van der Waals surface area contributed by atoms with E-state index in [1.54, 1.807) is 19.2 Å². The van der Waals surface area contributed by atoms with Crippen molar-refractivity contribution >= 4 is 12.1 Å². The zero-order valence-corrected chi connectivity index (χ0v) is 13.7. The molecule has 2 atom stereocenters. The normalized spacial score (nSPS) is 13.1. The Morgan fingerprint density at radius 1 is 1.17 bits per heavy atom. The van der Waals surface area contributed by atoms with Gasteiger partial charge in [0.2, 0.25) is 6.41 Å². The fourth-order valence-electron chi connectivity index (χ4n) is 2.36. The minimum absolute atomic E-state index is 0.0439. The summed E-state index contributed by atoms with van der Waals surface area (Å²) in [5.74, 6) is 0.753. The van der Waals surface area contributed by atoms with Crippen LogP contribution in [-0.2, 0) is 4.79 Å². The van der Waals surface area contributed by atoms with Crippen LogP contribution in [0.25, 0.3) is 0 Å². The van der Waals surface area contributed by atoms with Gasteiger partial charge in [0, 0.05) is 12.6 Å². The van der Waals surface area contributed by atoms with Crippen LogP contribution in [0.15, 0.2) is 42.5 Å². The van der Waals surface area contributed by atoms with E-state index in [0.29, 0.717) is 18.5 Å². The third-order valence-electron chi connectivity index (χ3n) is 3.85. The summed E-state index contributed by atoms with van der Waals surface area (Å²) in [5, 5.41) is 25.6. The highest BCUT2D eigenvalue weighted by Crippen LogP contribution is 2.27. The number of phenolic OH excluding ortho intramolecular Hbond substituents is 1. The molecule has 0 spiro atoms. The summed E-state index contributed by atoms with van der Waals surface area (Å²) in [7, 11) is 1.62. The molecule has 0 heterocycles. The molecule has 0 unspecified atom stereocenters. The summed E-state index contributed by atoms with van der Waals surface area (Å²) >= 11 is 0. The maximum absolute atomic E-state index is 10.5. The van der Waals surface area contributed by atoms with Gasteiger partial charge < -0.3 is 25.6 Å². The summed E-state index contributed by atoms with van der Waals surface area (Å²) in [6.45, 7) is 2.34. The lowest BCUT2D eigenvalue weighted by Crippen LogP contribution is -2.24. The van der Waals surface area contributed by atoms with Gasteiger partial charge in [-0.1, -0.05) is 18.2 Å². The first-order valence-corrected chi connectivity index (χ1v) is 7.63. The predicted octanol–water partition coefficient (Wildman–Crippen LogP) is 2.35. The molecule has 0 aliphatic heterocycles. The number of aliphatic hydroxyl groups is 1. The van der Waals surface area contributed by atoms with Gasteiger partial charge in [-0.2, -0.15) is 0 Å². The monoisotopic (exact) mass is 330 g/mol. The zero-order chi connectivity index (χ0) is 17.5. The molecule has 2 aromatic carbocycles. The second-order valence-corrected chi connectivity index (χ2v) is 5.46. The molecule has 0 aliphatic rings. The van der Waals surface area contributed by atoms with Crippen molar-refractivity contribution < 1.29 is 19.7 Å². The van der Waals surface area contributed by atoms with Gasteiger partial charge in [0.15, 0.2) is 0 Å². The third kappa shape index (κ3) is 4.47. The topological polar surface area (TPSA) is 90.8 Å². The summed E-state index contributed by atoms with van der Waals surface area (Å²) < 4.78 is 5.13. The molecule has 2 rings (SSSR count). The molecule has 0 fully saturated rings. The molecule has 1 amide bonds. The molecule has 6 heteroatoms. The van der Waals surface area contributed by atoms with Crippen LogP contribution in [0.5, 0.6) is 11.5 Å². The number of hydrogen-bond donors (Lipinski definition) is 4. The standard InChI is InChI=1S/C18H22N2O4/c1-12(13-3-6-15(24-2)7-4-13)19-10-18(23)14-5-8-17(22)16(9-14)20-11-21/h3-9,11-12,18-19,22-23H,10H2,1-2H3,(H,20,21)/t12-,18-/m0/s1. The molecule has 128 valence electrons. The van der Waals surface area contributed by atoms with Crippen molar-refractivity contribution in [2.24, 2.45) is 0 Å². The molecule has 0 bridgehead atoms. The summed E-state index contributed by atoms with van der Waals surface area (Å²) in [6, 6.07) is 12.4. The Bertz CT molecular complexity index is 673. The lowest BCUT2D eigenvalue weighted by atomic mass is 10.1. The number of aliphatic hydroxyl groups excluding tert-OH is 1. The molecule has 24 heavy (non-hydrogen) atoms. The first-order chi connectivity index (χ1) is 11.5. The maximum Gasteiger partial charge on any atom is 0.211 e. The largest absolute Gasteiger partial charge is 0.506 e. The molecule has 0 aliphatic carbocycles. The molecule has 4 N–H and O–H groups in total. The van der Waals surface area contributed by atoms with Gasteiger partial charge in [0.1, 0.15) is 11.5 Å². The summed E-state index contributed by atoms with van der Waals surface area (Å²) in [5.41, 5.74) is 1.95. The van der Waals surface area contributed by atoms with E-state index >= 15 is 0 Å². The van der Waals surface area contributed by atoms with Crippen molar-refractivity contribution in [1.29, 1.82) is 0 Å². The number of nitrogens with one attached hydrogen (secondary N) is 2. The number of carbonyl (C=O) groups is 1. The van der Waals surface area contributed by atoms with E-state index < -0.39 is 6.10 Å². The van der Waals surface area contributed by atoms with Crippen LogP contribution in [0.2, 0.25) is 0 Å². The molecule has 0 saturated heterocycles. The number of benzene rings is 2. The predicted molar refractivity (Wildman–Crippen MR) is 92.2 cm³/mol. The lowest BCUT2D eigenvalue weighted by molar-refractivity contribution is -0.105. The Labute approximate surface area is 141 Å². The van der Waals surface area contributed by atoms with E-state index in [4.69, 9.17) is 4.74 Å². The fourth-order valence-corrected chi connectivity index (χ4v) is 2.36. The third-order valence-corrected chi connectivity index (χ3v) is 3.85. The Morgan fingerprint density at radius 3 is 2.46 bits per heavy atom. The van der Waals surface area contributed by atoms with Gasteiger partial charge in [-0.3, -0.25) is 4.79 Å². The van der Waals surface area contributed by atoms with E-state index in [1.165, 1.54) is 6.07 Å². The number of phenols is 1. The fraction of sp³-hybridized carbons (Fsp3) is 0.278. The minimum atomic E-state index is -0.765. The Kier molecular flexibility index (Phi) is 6.17. The van der Waals surface area contributed by atoms with E-state index in [-0.39, 0.29) is 17.5 Å². The Morgan fingerprint density at radius 2 is 1.83 bits per heavy atom. The summed E-state index contributed by atoms with van der Waals surface area (Å²) in [4.78, 5) is 10.5. The lowest BCUT2D eigenvalue weighted by Gasteiger charge is -2.18. The van der Waals surface area contributed by atoms with Gasteiger partial charge in [-0.25, -0.2) is 0 Å². The highest BCUT2D eigenvalue weighted by atomic mass is 16.5. The van der Waals surface area contributed by atoms with Crippen LogP contribution < -0.4 is 15.4 Å². The average molecular weight is 330 g/mol. The zero-order valence-electron chi connectivity index (χ0n) is 13.7. The first-order valence-electron chi connectivity index (χ1n) is 7.63. The van der Waals surface area contributed by atoms with Gasteiger partial charge in [0.25, 0.3) is 0 Å². The highest BCUT2D eigenvalue weighted by molar-refractivity contribution is 5.75. The molecular weight excluding hydrogens is 308 g/mol. The molecular formula is C18H22N2O4. The number of amides is 1. The maximum atomic E-state index is 10.5. The second kappa shape index (κ2) is 8.33. The van der Waals surface area contributed by atoms with Gasteiger partial charge in [0.05, 0.1) is 18.9 Å². The number of anilines is 1. The van der Waals surface area contributed by atoms with Crippen molar-refractivity contribution in [3.05, 3.63) is 53.6 Å². The average Bonchev–Trinajstić information content (AvgIpc) is 2.61. The first kappa shape index (κ1) is 17.8. The van der Waals surface area contributed by atoms with E-state index in [2.05, 4.69) is 10.6 Å². The smallest absolute Gasteiger partial charge is 0.211 e. The van der Waals surface area contributed by atoms with Crippen molar-refractivity contribution in [2.75, 3.05) is 19.0 Å². The summed E-state index contributed by atoms with van der Waals surface area (Å²) in [6.07, 6.45) is -0.284. The van der Waals surface area contributed by atoms with E-state index in [1.807, 2.05) is 31.2 Å². The Hall–Kier alpha value is -2.57. The van der Waals surface area contributed by atoms with Crippen LogP contribution in [-0.4, -0.2) is 30.3 Å². The van der Waals surface area contributed by atoms with E-state index in [0.717, 1.165) is 11.3 Å². The molecule has 2 aromatic rings. The van der Waals surface area contributed by atoms with Gasteiger partial charge >= 0.3 is 0 Å². The number of carbonyl (C=O) groups excluding carboxylic acids is 1.